The van der Waals surface area contributed by atoms with Crippen LogP contribution in [0.25, 0.3) is 0 Å². The van der Waals surface area contributed by atoms with Crippen LogP contribution >= 0.6 is 34.8 Å². The van der Waals surface area contributed by atoms with Gasteiger partial charge in [0, 0.05) is 24.7 Å². The maximum Gasteiger partial charge on any atom is 0.243 e. The van der Waals surface area contributed by atoms with Crippen molar-refractivity contribution < 1.29 is 18.0 Å². The highest BCUT2D eigenvalue weighted by atomic mass is 35.5. The number of amides is 2. The summed E-state index contributed by atoms with van der Waals surface area (Å²) in [6, 6.07) is 9.66. The zero-order valence-corrected chi connectivity index (χ0v) is 22.5. The van der Waals surface area contributed by atoms with Crippen molar-refractivity contribution in [3.05, 3.63) is 63.1 Å². The molecule has 2 aromatic carbocycles. The molecule has 0 aromatic heterocycles. The Morgan fingerprint density at radius 3 is 2.15 bits per heavy atom. The number of nitrogens with zero attached hydrogens (tertiary/aromatic N) is 2. The number of halogens is 3. The van der Waals surface area contributed by atoms with E-state index < -0.39 is 28.5 Å². The Kier molecular flexibility index (Phi) is 10.2. The van der Waals surface area contributed by atoms with Crippen LogP contribution in [-0.2, 0) is 26.2 Å². The molecule has 0 spiro atoms. The number of benzene rings is 2. The molecule has 0 bridgehead atoms. The van der Waals surface area contributed by atoms with Gasteiger partial charge >= 0.3 is 0 Å². The molecular weight excluding hydrogens is 521 g/mol. The smallest absolute Gasteiger partial charge is 0.243 e. The topological polar surface area (TPSA) is 86.8 Å². The summed E-state index contributed by atoms with van der Waals surface area (Å²) in [5, 5.41) is 3.90. The third kappa shape index (κ3) is 7.33. The van der Waals surface area contributed by atoms with Crippen molar-refractivity contribution in [2.75, 3.05) is 13.6 Å². The normalized spacial score (nSPS) is 12.6. The number of hydrogen-bond acceptors (Lipinski definition) is 4. The van der Waals surface area contributed by atoms with Gasteiger partial charge in [0.25, 0.3) is 0 Å². The molecule has 0 fully saturated rings. The van der Waals surface area contributed by atoms with E-state index in [2.05, 4.69) is 5.32 Å². The zero-order valence-electron chi connectivity index (χ0n) is 19.4. The van der Waals surface area contributed by atoms with Crippen LogP contribution in [0.1, 0.15) is 32.8 Å². The first kappa shape index (κ1) is 28.4. The molecule has 0 radical (unpaired) electrons. The average molecular weight is 549 g/mol. The van der Waals surface area contributed by atoms with Gasteiger partial charge in [-0.2, -0.15) is 4.31 Å². The SMILES string of the molecule is CCC(C(=O)NC(C)C)N(Cc1ccc(Cl)c(Cl)c1)C(=O)CN(C)S(=O)(=O)c1ccc(Cl)cc1. The van der Waals surface area contributed by atoms with Crippen molar-refractivity contribution >= 4 is 56.6 Å². The number of sulfonamides is 1. The summed E-state index contributed by atoms with van der Waals surface area (Å²) < 4.78 is 26.9. The third-order valence-electron chi connectivity index (χ3n) is 5.03. The van der Waals surface area contributed by atoms with Gasteiger partial charge in [-0.15, -0.1) is 0 Å². The van der Waals surface area contributed by atoms with Crippen molar-refractivity contribution in [1.29, 1.82) is 0 Å². The van der Waals surface area contributed by atoms with Crippen LogP contribution in [0.15, 0.2) is 47.4 Å². The number of hydrogen-bond donors (Lipinski definition) is 1. The van der Waals surface area contributed by atoms with E-state index >= 15 is 0 Å². The van der Waals surface area contributed by atoms with Gasteiger partial charge in [-0.05, 0) is 62.2 Å². The minimum atomic E-state index is -3.95. The minimum Gasteiger partial charge on any atom is -0.352 e. The van der Waals surface area contributed by atoms with Gasteiger partial charge in [0.05, 0.1) is 21.5 Å². The van der Waals surface area contributed by atoms with Crippen LogP contribution in [0.2, 0.25) is 15.1 Å². The lowest BCUT2D eigenvalue weighted by Crippen LogP contribution is -2.52. The molecule has 2 aromatic rings. The van der Waals surface area contributed by atoms with Crippen LogP contribution in [0, 0.1) is 0 Å². The van der Waals surface area contributed by atoms with Gasteiger partial charge in [0.2, 0.25) is 21.8 Å². The van der Waals surface area contributed by atoms with Crippen molar-refractivity contribution in [2.45, 2.75) is 50.7 Å². The van der Waals surface area contributed by atoms with Crippen molar-refractivity contribution in [2.24, 2.45) is 0 Å². The fourth-order valence-corrected chi connectivity index (χ4v) is 4.85. The van der Waals surface area contributed by atoms with Crippen LogP contribution in [0.5, 0.6) is 0 Å². The number of rotatable bonds is 10. The molecule has 0 heterocycles. The van der Waals surface area contributed by atoms with Gasteiger partial charge in [0.1, 0.15) is 6.04 Å². The van der Waals surface area contributed by atoms with E-state index in [-0.39, 0.29) is 23.4 Å². The molecule has 7 nitrogen and oxygen atoms in total. The molecule has 34 heavy (non-hydrogen) atoms. The monoisotopic (exact) mass is 547 g/mol. The summed E-state index contributed by atoms with van der Waals surface area (Å²) in [6.45, 7) is 5.02. The van der Waals surface area contributed by atoms with Crippen LogP contribution in [0.3, 0.4) is 0 Å². The molecular formula is C23H28Cl3N3O4S. The Balaban J connectivity index is 2.35. The van der Waals surface area contributed by atoms with E-state index in [9.17, 15) is 18.0 Å². The average Bonchev–Trinajstić information content (AvgIpc) is 2.75. The molecule has 1 unspecified atom stereocenters. The number of likely N-dealkylation sites (N-methyl/N-ethyl adjacent to an activating group) is 1. The molecule has 0 saturated carbocycles. The second kappa shape index (κ2) is 12.2. The first-order valence-corrected chi connectivity index (χ1v) is 13.2. The van der Waals surface area contributed by atoms with Crippen LogP contribution in [0.4, 0.5) is 0 Å². The molecule has 11 heteroatoms. The molecule has 2 amide bonds. The molecule has 0 aliphatic heterocycles. The predicted molar refractivity (Wildman–Crippen MR) is 136 cm³/mol. The molecule has 0 aliphatic carbocycles. The van der Waals surface area contributed by atoms with E-state index in [0.29, 0.717) is 27.1 Å². The summed E-state index contributed by atoms with van der Waals surface area (Å²) in [6.07, 6.45) is 0.333. The summed E-state index contributed by atoms with van der Waals surface area (Å²) in [7, 11) is -2.64. The standard InChI is InChI=1S/C23H28Cl3N3O4S/c1-5-21(23(31)27-15(2)3)29(13-16-6-11-19(25)20(26)12-16)22(30)14-28(4)34(32,33)18-9-7-17(24)8-10-18/h6-12,15,21H,5,13-14H2,1-4H3,(H,27,31). The lowest BCUT2D eigenvalue weighted by molar-refractivity contribution is -0.141. The van der Waals surface area contributed by atoms with Gasteiger partial charge in [-0.1, -0.05) is 47.8 Å². The Bertz CT molecular complexity index is 1120. The van der Waals surface area contributed by atoms with Crippen molar-refractivity contribution in [1.82, 2.24) is 14.5 Å². The highest BCUT2D eigenvalue weighted by Gasteiger charge is 2.32. The number of carbonyl (C=O) groups is 2. The van der Waals surface area contributed by atoms with E-state index in [4.69, 9.17) is 34.8 Å². The number of carbonyl (C=O) groups excluding carboxylic acids is 2. The predicted octanol–water partition coefficient (Wildman–Crippen LogP) is 4.60. The zero-order chi connectivity index (χ0) is 25.6. The maximum absolute atomic E-state index is 13.4. The van der Waals surface area contributed by atoms with E-state index in [1.54, 1.807) is 25.1 Å². The fourth-order valence-electron chi connectivity index (χ4n) is 3.29. The first-order chi connectivity index (χ1) is 15.9. The number of nitrogens with one attached hydrogen (secondary N) is 1. The largest absolute Gasteiger partial charge is 0.352 e. The van der Waals surface area contributed by atoms with Crippen LogP contribution in [-0.4, -0.2) is 55.1 Å². The molecule has 1 N–H and O–H groups in total. The summed E-state index contributed by atoms with van der Waals surface area (Å²) in [4.78, 5) is 27.6. The summed E-state index contributed by atoms with van der Waals surface area (Å²) in [5.74, 6) is -0.856. The van der Waals surface area contributed by atoms with Crippen molar-refractivity contribution in [3.63, 3.8) is 0 Å². The molecule has 186 valence electrons. The van der Waals surface area contributed by atoms with Crippen molar-refractivity contribution in [3.8, 4) is 0 Å². The molecule has 1 atom stereocenters. The fraction of sp³-hybridized carbons (Fsp3) is 0.391. The van der Waals surface area contributed by atoms with E-state index in [1.165, 1.54) is 36.2 Å². The van der Waals surface area contributed by atoms with Gasteiger partial charge < -0.3 is 10.2 Å². The summed E-state index contributed by atoms with van der Waals surface area (Å²) >= 11 is 18.0. The highest BCUT2D eigenvalue weighted by Crippen LogP contribution is 2.24. The van der Waals surface area contributed by atoms with Crippen LogP contribution < -0.4 is 5.32 Å². The third-order valence-corrected chi connectivity index (χ3v) is 7.84. The second-order valence-electron chi connectivity index (χ2n) is 8.07. The Morgan fingerprint density at radius 1 is 1.00 bits per heavy atom. The minimum absolute atomic E-state index is 0.00725. The Hall–Kier alpha value is -1.84. The quantitative estimate of drug-likeness (QED) is 0.470. The lowest BCUT2D eigenvalue weighted by atomic mass is 10.1. The highest BCUT2D eigenvalue weighted by molar-refractivity contribution is 7.89. The Morgan fingerprint density at radius 2 is 1.62 bits per heavy atom. The molecule has 2 rings (SSSR count). The lowest BCUT2D eigenvalue weighted by Gasteiger charge is -2.32. The summed E-state index contributed by atoms with van der Waals surface area (Å²) in [5.41, 5.74) is 0.654. The Labute approximate surface area is 216 Å². The van der Waals surface area contributed by atoms with E-state index in [0.717, 1.165) is 4.31 Å². The second-order valence-corrected chi connectivity index (χ2v) is 11.4. The van der Waals surface area contributed by atoms with Gasteiger partial charge in [-0.3, -0.25) is 9.59 Å². The molecule has 0 saturated heterocycles. The van der Waals surface area contributed by atoms with E-state index in [1.807, 2.05) is 13.8 Å². The first-order valence-electron chi connectivity index (χ1n) is 10.6. The maximum atomic E-state index is 13.4. The van der Waals surface area contributed by atoms with Gasteiger partial charge in [0.15, 0.2) is 0 Å². The molecule has 0 aliphatic rings. The van der Waals surface area contributed by atoms with Gasteiger partial charge in [-0.25, -0.2) is 8.42 Å².